The predicted octanol–water partition coefficient (Wildman–Crippen LogP) is 4.09. The number of likely N-dealkylation sites (tertiary alicyclic amines) is 1. The average molecular weight is 487 g/mol. The highest BCUT2D eigenvalue weighted by molar-refractivity contribution is 6.07. The van der Waals surface area contributed by atoms with Gasteiger partial charge in [-0.1, -0.05) is 36.3 Å². The number of carbonyl (C=O) groups is 2. The molecule has 2 saturated heterocycles. The number of aromatic nitrogens is 1. The molecule has 2 fully saturated rings. The summed E-state index contributed by atoms with van der Waals surface area (Å²) in [5.41, 5.74) is 2.11. The second-order valence-electron chi connectivity index (χ2n) is 9.86. The maximum absolute atomic E-state index is 14.0. The van der Waals surface area contributed by atoms with Crippen molar-refractivity contribution in [3.63, 3.8) is 0 Å². The van der Waals surface area contributed by atoms with Crippen molar-refractivity contribution in [2.75, 3.05) is 19.6 Å². The van der Waals surface area contributed by atoms with E-state index in [9.17, 15) is 14.0 Å². The summed E-state index contributed by atoms with van der Waals surface area (Å²) in [5.74, 6) is 4.94. The number of nitrogens with one attached hydrogen (secondary N) is 1. The van der Waals surface area contributed by atoms with Gasteiger partial charge in [0.15, 0.2) is 0 Å². The number of para-hydroxylation sites is 1. The number of hydrogen-bond donors (Lipinski definition) is 1. The van der Waals surface area contributed by atoms with E-state index in [1.54, 1.807) is 13.0 Å². The molecule has 186 valence electrons. The summed E-state index contributed by atoms with van der Waals surface area (Å²) in [6.45, 7) is 4.22. The van der Waals surface area contributed by atoms with E-state index < -0.39 is 11.6 Å². The van der Waals surface area contributed by atoms with Gasteiger partial charge in [-0.2, -0.15) is 0 Å². The van der Waals surface area contributed by atoms with E-state index >= 15 is 0 Å². The summed E-state index contributed by atoms with van der Waals surface area (Å²) in [7, 11) is 2.07. The Balaban J connectivity index is 1.37. The number of nitrogens with zero attached hydrogens (tertiary/aromatic N) is 3. The minimum Gasteiger partial charge on any atom is -0.350 e. The van der Waals surface area contributed by atoms with Crippen LogP contribution < -0.4 is 5.32 Å². The van der Waals surface area contributed by atoms with Crippen LogP contribution in [0.25, 0.3) is 10.9 Å². The Labute approximate surface area is 211 Å². The summed E-state index contributed by atoms with van der Waals surface area (Å²) in [4.78, 5) is 30.2. The zero-order valence-electron chi connectivity index (χ0n) is 20.8. The molecule has 7 heteroatoms. The van der Waals surface area contributed by atoms with Gasteiger partial charge in [-0.15, -0.1) is 5.92 Å². The summed E-state index contributed by atoms with van der Waals surface area (Å²) in [6.07, 6.45) is 3.98. The van der Waals surface area contributed by atoms with Crippen molar-refractivity contribution in [1.82, 2.24) is 19.7 Å². The molecule has 2 aliphatic heterocycles. The van der Waals surface area contributed by atoms with E-state index in [0.717, 1.165) is 32.5 Å². The SMILES string of the molecule is CC#CCN1C(=O)N[C@@](Cc2cccc(F)c2)(C2CCN(Cc3cn(C)c4ccccc34)CC2)C1=O. The van der Waals surface area contributed by atoms with Crippen LogP contribution in [0.3, 0.4) is 0 Å². The van der Waals surface area contributed by atoms with Gasteiger partial charge >= 0.3 is 6.03 Å². The molecule has 3 aromatic rings. The fourth-order valence-corrected chi connectivity index (χ4v) is 5.83. The molecule has 1 aromatic heterocycles. The Bertz CT molecular complexity index is 1360. The molecule has 0 saturated carbocycles. The van der Waals surface area contributed by atoms with Crippen LogP contribution in [0, 0.1) is 23.6 Å². The molecule has 2 aromatic carbocycles. The van der Waals surface area contributed by atoms with Crippen molar-refractivity contribution in [2.45, 2.75) is 38.3 Å². The standard InChI is InChI=1S/C29H31FN4O2/c1-3-4-14-34-27(35)29(31-28(34)36,18-21-8-7-9-24(30)17-21)23-12-15-33(16-13-23)20-22-19-32(2)26-11-6-5-10-25(22)26/h5-11,17,19,23H,12-16,18,20H2,1-2H3,(H,31,36)/t29-/m0/s1. The number of urea groups is 1. The van der Waals surface area contributed by atoms with E-state index in [1.165, 1.54) is 33.5 Å². The molecular formula is C29H31FN4O2. The molecule has 0 aliphatic carbocycles. The summed E-state index contributed by atoms with van der Waals surface area (Å²) in [6, 6.07) is 14.3. The quantitative estimate of drug-likeness (QED) is 0.422. The largest absolute Gasteiger partial charge is 0.350 e. The Morgan fingerprint density at radius 1 is 1.11 bits per heavy atom. The molecule has 1 atom stereocenters. The van der Waals surface area contributed by atoms with Crippen LogP contribution in [0.1, 0.15) is 30.9 Å². The van der Waals surface area contributed by atoms with Crippen LogP contribution in [0.5, 0.6) is 0 Å². The number of fused-ring (bicyclic) bond motifs is 1. The fourth-order valence-electron chi connectivity index (χ4n) is 5.83. The number of carbonyl (C=O) groups excluding carboxylic acids is 2. The highest BCUT2D eigenvalue weighted by atomic mass is 19.1. The lowest BCUT2D eigenvalue weighted by atomic mass is 9.74. The third-order valence-corrected chi connectivity index (χ3v) is 7.65. The smallest absolute Gasteiger partial charge is 0.325 e. The molecule has 0 radical (unpaired) electrons. The summed E-state index contributed by atoms with van der Waals surface area (Å²) in [5, 5.41) is 4.29. The lowest BCUT2D eigenvalue weighted by Gasteiger charge is -2.41. The van der Waals surface area contributed by atoms with Crippen LogP contribution >= 0.6 is 0 Å². The molecule has 36 heavy (non-hydrogen) atoms. The van der Waals surface area contributed by atoms with Crippen molar-refractivity contribution in [1.29, 1.82) is 0 Å². The molecular weight excluding hydrogens is 455 g/mol. The van der Waals surface area contributed by atoms with Crippen molar-refractivity contribution >= 4 is 22.8 Å². The van der Waals surface area contributed by atoms with Crippen molar-refractivity contribution in [3.8, 4) is 11.8 Å². The minimum absolute atomic E-state index is 0.0550. The molecule has 5 rings (SSSR count). The number of piperidine rings is 1. The number of imide groups is 1. The molecule has 1 N–H and O–H groups in total. The van der Waals surface area contributed by atoms with Gasteiger partial charge in [-0.05, 0) is 68.1 Å². The van der Waals surface area contributed by atoms with Crippen molar-refractivity contribution in [3.05, 3.63) is 71.7 Å². The topological polar surface area (TPSA) is 57.6 Å². The third-order valence-electron chi connectivity index (χ3n) is 7.65. The van der Waals surface area contributed by atoms with Gasteiger partial charge in [-0.25, -0.2) is 9.18 Å². The third kappa shape index (κ3) is 4.38. The Morgan fingerprint density at radius 2 is 1.89 bits per heavy atom. The van der Waals surface area contributed by atoms with E-state index in [2.05, 4.69) is 64.1 Å². The van der Waals surface area contributed by atoms with Crippen LogP contribution in [0.15, 0.2) is 54.7 Å². The maximum Gasteiger partial charge on any atom is 0.325 e. The van der Waals surface area contributed by atoms with E-state index in [-0.39, 0.29) is 30.6 Å². The van der Waals surface area contributed by atoms with Crippen LogP contribution in [0.4, 0.5) is 9.18 Å². The van der Waals surface area contributed by atoms with Gasteiger partial charge in [-0.3, -0.25) is 14.6 Å². The van der Waals surface area contributed by atoms with Crippen LogP contribution in [-0.4, -0.2) is 51.5 Å². The first-order valence-electron chi connectivity index (χ1n) is 12.4. The van der Waals surface area contributed by atoms with Crippen molar-refractivity contribution < 1.29 is 14.0 Å². The van der Waals surface area contributed by atoms with E-state index in [0.29, 0.717) is 5.56 Å². The Kier molecular flexibility index (Phi) is 6.55. The zero-order chi connectivity index (χ0) is 25.3. The molecule has 3 heterocycles. The maximum atomic E-state index is 14.0. The summed E-state index contributed by atoms with van der Waals surface area (Å²) < 4.78 is 16.1. The number of halogens is 1. The number of benzene rings is 2. The molecule has 0 bridgehead atoms. The normalized spacial score (nSPS) is 21.0. The second kappa shape index (κ2) is 9.79. The molecule has 3 amide bonds. The number of rotatable bonds is 6. The van der Waals surface area contributed by atoms with Gasteiger partial charge in [0.1, 0.15) is 11.4 Å². The van der Waals surface area contributed by atoms with Gasteiger partial charge in [0.2, 0.25) is 0 Å². The van der Waals surface area contributed by atoms with Crippen molar-refractivity contribution in [2.24, 2.45) is 13.0 Å². The van der Waals surface area contributed by atoms with Crippen LogP contribution in [0.2, 0.25) is 0 Å². The number of aryl methyl sites for hydroxylation is 1. The lowest BCUT2D eigenvalue weighted by Crippen LogP contribution is -2.57. The Morgan fingerprint density at radius 3 is 2.64 bits per heavy atom. The Hall–Kier alpha value is -3.63. The molecule has 0 unspecified atom stereocenters. The zero-order valence-corrected chi connectivity index (χ0v) is 20.8. The number of hydrogen-bond acceptors (Lipinski definition) is 3. The second-order valence-corrected chi connectivity index (χ2v) is 9.86. The first-order chi connectivity index (χ1) is 17.4. The highest BCUT2D eigenvalue weighted by Gasteiger charge is 2.55. The minimum atomic E-state index is -1.09. The van der Waals surface area contributed by atoms with Crippen LogP contribution in [-0.2, 0) is 24.8 Å². The number of amides is 3. The van der Waals surface area contributed by atoms with Gasteiger partial charge in [0.05, 0.1) is 6.54 Å². The van der Waals surface area contributed by atoms with E-state index in [1.807, 2.05) is 6.07 Å². The molecule has 2 aliphatic rings. The predicted molar refractivity (Wildman–Crippen MR) is 137 cm³/mol. The van der Waals surface area contributed by atoms with E-state index in [4.69, 9.17) is 0 Å². The fraction of sp³-hybridized carbons (Fsp3) is 0.379. The lowest BCUT2D eigenvalue weighted by molar-refractivity contribution is -0.133. The first kappa shape index (κ1) is 24.1. The van der Waals surface area contributed by atoms with Gasteiger partial charge in [0.25, 0.3) is 5.91 Å². The molecule has 6 nitrogen and oxygen atoms in total. The molecule has 0 spiro atoms. The monoisotopic (exact) mass is 486 g/mol. The van der Waals surface area contributed by atoms with Gasteiger partial charge in [0, 0.05) is 37.1 Å². The van der Waals surface area contributed by atoms with Gasteiger partial charge < -0.3 is 9.88 Å². The highest BCUT2D eigenvalue weighted by Crippen LogP contribution is 2.37. The first-order valence-corrected chi connectivity index (χ1v) is 12.4. The summed E-state index contributed by atoms with van der Waals surface area (Å²) >= 11 is 0. The average Bonchev–Trinajstić information content (AvgIpc) is 3.31.